The van der Waals surface area contributed by atoms with Gasteiger partial charge in [-0.25, -0.2) is 0 Å². The molecule has 2 aromatic rings. The largest absolute Gasteiger partial charge is 0.507 e. The molecule has 6 heteroatoms. The SMILES string of the molecule is CCOCCCN1C(=O)C(=O)C(=C(O)c2ccc(C)cc2)[C@H]1c1cccnc1. The van der Waals surface area contributed by atoms with Crippen molar-refractivity contribution in [1.82, 2.24) is 9.88 Å². The summed E-state index contributed by atoms with van der Waals surface area (Å²) in [5.41, 5.74) is 2.33. The van der Waals surface area contributed by atoms with Crippen molar-refractivity contribution in [3.63, 3.8) is 0 Å². The summed E-state index contributed by atoms with van der Waals surface area (Å²) in [5, 5.41) is 10.9. The number of aromatic nitrogens is 1. The number of benzene rings is 1. The summed E-state index contributed by atoms with van der Waals surface area (Å²) in [6, 6.07) is 10.1. The van der Waals surface area contributed by atoms with Gasteiger partial charge in [0.05, 0.1) is 11.6 Å². The molecule has 146 valence electrons. The maximum atomic E-state index is 12.8. The van der Waals surface area contributed by atoms with E-state index in [0.29, 0.717) is 37.3 Å². The number of amides is 1. The Labute approximate surface area is 164 Å². The van der Waals surface area contributed by atoms with Gasteiger partial charge in [0.2, 0.25) is 0 Å². The van der Waals surface area contributed by atoms with Gasteiger partial charge >= 0.3 is 0 Å². The zero-order chi connectivity index (χ0) is 20.1. The monoisotopic (exact) mass is 380 g/mol. The first-order valence-electron chi connectivity index (χ1n) is 9.37. The summed E-state index contributed by atoms with van der Waals surface area (Å²) in [6.07, 6.45) is 3.85. The lowest BCUT2D eigenvalue weighted by Crippen LogP contribution is -2.31. The predicted octanol–water partition coefficient (Wildman–Crippen LogP) is 3.24. The molecule has 1 aliphatic rings. The average molecular weight is 380 g/mol. The first-order chi connectivity index (χ1) is 13.5. The first-order valence-corrected chi connectivity index (χ1v) is 9.37. The van der Waals surface area contributed by atoms with E-state index in [1.165, 1.54) is 4.90 Å². The lowest BCUT2D eigenvalue weighted by molar-refractivity contribution is -0.140. The Hall–Kier alpha value is -2.99. The van der Waals surface area contributed by atoms with E-state index in [1.807, 2.05) is 32.0 Å². The van der Waals surface area contributed by atoms with Crippen LogP contribution in [0.2, 0.25) is 0 Å². The smallest absolute Gasteiger partial charge is 0.295 e. The van der Waals surface area contributed by atoms with E-state index in [-0.39, 0.29) is 11.3 Å². The number of hydrogen-bond acceptors (Lipinski definition) is 5. The van der Waals surface area contributed by atoms with Gasteiger partial charge in [0.25, 0.3) is 11.7 Å². The Morgan fingerprint density at radius 1 is 1.21 bits per heavy atom. The summed E-state index contributed by atoms with van der Waals surface area (Å²) in [5.74, 6) is -1.46. The minimum absolute atomic E-state index is 0.0956. The molecule has 0 saturated carbocycles. The van der Waals surface area contributed by atoms with Crippen LogP contribution in [0.15, 0.2) is 54.4 Å². The van der Waals surface area contributed by atoms with Crippen LogP contribution in [-0.4, -0.2) is 46.4 Å². The van der Waals surface area contributed by atoms with Gasteiger partial charge in [-0.1, -0.05) is 35.9 Å². The average Bonchev–Trinajstić information content (AvgIpc) is 2.97. The van der Waals surface area contributed by atoms with Crippen molar-refractivity contribution < 1.29 is 19.4 Å². The van der Waals surface area contributed by atoms with Gasteiger partial charge in [-0.15, -0.1) is 0 Å². The van der Waals surface area contributed by atoms with Crippen LogP contribution in [0.25, 0.3) is 5.76 Å². The number of aliphatic hydroxyl groups is 1. The third-order valence-corrected chi connectivity index (χ3v) is 4.76. The van der Waals surface area contributed by atoms with Gasteiger partial charge in [-0.2, -0.15) is 0 Å². The summed E-state index contributed by atoms with van der Waals surface area (Å²) in [4.78, 5) is 31.2. The van der Waals surface area contributed by atoms with Crippen LogP contribution in [0.4, 0.5) is 0 Å². The number of nitrogens with zero attached hydrogens (tertiary/aromatic N) is 2. The summed E-state index contributed by atoms with van der Waals surface area (Å²) < 4.78 is 5.35. The molecule has 1 atom stereocenters. The van der Waals surface area contributed by atoms with Gasteiger partial charge in [0.1, 0.15) is 5.76 Å². The highest BCUT2D eigenvalue weighted by molar-refractivity contribution is 6.46. The Morgan fingerprint density at radius 2 is 1.96 bits per heavy atom. The zero-order valence-corrected chi connectivity index (χ0v) is 16.1. The number of ether oxygens (including phenoxy) is 1. The molecule has 0 bridgehead atoms. The minimum atomic E-state index is -0.677. The number of ketones is 1. The molecular weight excluding hydrogens is 356 g/mol. The highest BCUT2D eigenvalue weighted by atomic mass is 16.5. The van der Waals surface area contributed by atoms with Gasteiger partial charge < -0.3 is 14.7 Å². The highest BCUT2D eigenvalue weighted by Gasteiger charge is 2.45. The number of aliphatic hydroxyl groups excluding tert-OH is 1. The quantitative estimate of drug-likeness (QED) is 0.345. The van der Waals surface area contributed by atoms with E-state index >= 15 is 0 Å². The topological polar surface area (TPSA) is 79.7 Å². The van der Waals surface area contributed by atoms with Crippen molar-refractivity contribution >= 4 is 17.4 Å². The molecule has 1 N–H and O–H groups in total. The molecule has 0 unspecified atom stereocenters. The third kappa shape index (κ3) is 3.97. The van der Waals surface area contributed by atoms with Crippen molar-refractivity contribution in [3.05, 3.63) is 71.1 Å². The zero-order valence-electron chi connectivity index (χ0n) is 16.1. The number of aryl methyl sites for hydroxylation is 1. The molecule has 6 nitrogen and oxygen atoms in total. The summed E-state index contributed by atoms with van der Waals surface area (Å²) >= 11 is 0. The van der Waals surface area contributed by atoms with E-state index in [0.717, 1.165) is 5.56 Å². The first kappa shape index (κ1) is 19.8. The Balaban J connectivity index is 2.03. The van der Waals surface area contributed by atoms with Gasteiger partial charge in [0.15, 0.2) is 0 Å². The predicted molar refractivity (Wildman–Crippen MR) is 106 cm³/mol. The fourth-order valence-corrected chi connectivity index (χ4v) is 3.34. The number of Topliss-reactive ketones (excluding diaryl/α,β-unsaturated/α-hetero) is 1. The molecule has 1 fully saturated rings. The molecule has 0 radical (unpaired) electrons. The highest BCUT2D eigenvalue weighted by Crippen LogP contribution is 2.39. The van der Waals surface area contributed by atoms with Crippen LogP contribution in [0.1, 0.15) is 36.1 Å². The minimum Gasteiger partial charge on any atom is -0.507 e. The van der Waals surface area contributed by atoms with Crippen LogP contribution >= 0.6 is 0 Å². The van der Waals surface area contributed by atoms with E-state index < -0.39 is 17.7 Å². The molecule has 1 aromatic carbocycles. The molecule has 1 saturated heterocycles. The van der Waals surface area contributed by atoms with Crippen LogP contribution in [0.3, 0.4) is 0 Å². The fourth-order valence-electron chi connectivity index (χ4n) is 3.34. The van der Waals surface area contributed by atoms with Gasteiger partial charge in [-0.3, -0.25) is 14.6 Å². The number of carbonyl (C=O) groups excluding carboxylic acids is 2. The van der Waals surface area contributed by atoms with E-state index in [9.17, 15) is 14.7 Å². The molecule has 2 heterocycles. The number of hydrogen-bond donors (Lipinski definition) is 1. The standard InChI is InChI=1S/C22H24N2O4/c1-3-28-13-5-12-24-19(17-6-4-11-23-14-17)18(21(26)22(24)27)20(25)16-9-7-15(2)8-10-16/h4,6-11,14,19,25H,3,5,12-13H2,1-2H3/t19-/m1/s1. The number of carbonyl (C=O) groups is 2. The van der Waals surface area contributed by atoms with Crippen LogP contribution in [-0.2, 0) is 14.3 Å². The van der Waals surface area contributed by atoms with E-state index in [1.54, 1.807) is 30.6 Å². The summed E-state index contributed by atoms with van der Waals surface area (Å²) in [7, 11) is 0. The van der Waals surface area contributed by atoms with E-state index in [4.69, 9.17) is 4.74 Å². The Kier molecular flexibility index (Phi) is 6.21. The number of rotatable bonds is 7. The fraction of sp³-hybridized carbons (Fsp3) is 0.318. The molecule has 0 aliphatic carbocycles. The second kappa shape index (κ2) is 8.80. The second-order valence-electron chi connectivity index (χ2n) is 6.70. The molecule has 1 aromatic heterocycles. The number of pyridine rings is 1. The maximum absolute atomic E-state index is 12.8. The number of likely N-dealkylation sites (tertiary alicyclic amines) is 1. The second-order valence-corrected chi connectivity index (χ2v) is 6.70. The van der Waals surface area contributed by atoms with Crippen molar-refractivity contribution in [2.75, 3.05) is 19.8 Å². The Morgan fingerprint density at radius 3 is 2.61 bits per heavy atom. The van der Waals surface area contributed by atoms with E-state index in [2.05, 4.69) is 4.98 Å². The van der Waals surface area contributed by atoms with Crippen molar-refractivity contribution in [2.24, 2.45) is 0 Å². The molecule has 1 amide bonds. The molecule has 3 rings (SSSR count). The lowest BCUT2D eigenvalue weighted by atomic mass is 9.96. The van der Waals surface area contributed by atoms with Crippen molar-refractivity contribution in [3.8, 4) is 0 Å². The molecule has 28 heavy (non-hydrogen) atoms. The van der Waals surface area contributed by atoms with Crippen molar-refractivity contribution in [2.45, 2.75) is 26.3 Å². The van der Waals surface area contributed by atoms with Crippen LogP contribution in [0, 0.1) is 6.92 Å². The maximum Gasteiger partial charge on any atom is 0.295 e. The molecule has 1 aliphatic heterocycles. The lowest BCUT2D eigenvalue weighted by Gasteiger charge is -2.25. The van der Waals surface area contributed by atoms with Crippen LogP contribution in [0.5, 0.6) is 0 Å². The molecular formula is C22H24N2O4. The Bertz CT molecular complexity index is 875. The van der Waals surface area contributed by atoms with Crippen molar-refractivity contribution in [1.29, 1.82) is 0 Å². The third-order valence-electron chi connectivity index (χ3n) is 4.76. The summed E-state index contributed by atoms with van der Waals surface area (Å²) in [6.45, 7) is 5.30. The van der Waals surface area contributed by atoms with Gasteiger partial charge in [0, 0.05) is 37.7 Å². The van der Waals surface area contributed by atoms with Crippen LogP contribution < -0.4 is 0 Å². The normalized spacial score (nSPS) is 18.6. The van der Waals surface area contributed by atoms with Gasteiger partial charge in [-0.05, 0) is 31.9 Å². The molecule has 0 spiro atoms.